The van der Waals surface area contributed by atoms with Gasteiger partial charge in [-0.3, -0.25) is 4.99 Å². The molecule has 0 aromatic rings. The molecule has 2 heteroatoms. The number of nitrogens with zero attached hydrogens (tertiary/aromatic N) is 2. The Morgan fingerprint density at radius 2 is 2.22 bits per heavy atom. The molecule has 0 atom stereocenters. The number of aliphatic imine (C=N–C) groups is 1. The molecule has 0 aromatic heterocycles. The van der Waals surface area contributed by atoms with Crippen molar-refractivity contribution in [1.82, 2.24) is 4.90 Å². The Balaban J connectivity index is 0.000000291. The Labute approximate surface area is 56.9 Å². The molecular weight excluding hydrogens is 112 g/mol. The van der Waals surface area contributed by atoms with E-state index in [0.29, 0.717) is 0 Å². The molecule has 0 spiro atoms. The smallest absolute Gasteiger partial charge is 0.0894 e. The summed E-state index contributed by atoms with van der Waals surface area (Å²) in [5.74, 6) is 0. The molecule has 0 unspecified atom stereocenters. The average Bonchev–Trinajstić information content (AvgIpc) is 2.23. The minimum atomic E-state index is 0.774. The fourth-order valence-corrected chi connectivity index (χ4v) is 0.462. The Bertz CT molecular complexity index is 116. The standard InChI is InChI=1S/C5H8N2.C2H6/c1-5-3-6-4-7(5)2;1-2/h4H,1,3H2,2H3;1-2H3. The summed E-state index contributed by atoms with van der Waals surface area (Å²) in [6.45, 7) is 8.51. The summed E-state index contributed by atoms with van der Waals surface area (Å²) in [4.78, 5) is 5.86. The third kappa shape index (κ3) is 2.31. The number of hydrogen-bond donors (Lipinski definition) is 0. The van der Waals surface area contributed by atoms with Crippen LogP contribution in [0, 0.1) is 0 Å². The van der Waals surface area contributed by atoms with Gasteiger partial charge in [-0.1, -0.05) is 20.4 Å². The van der Waals surface area contributed by atoms with Gasteiger partial charge in [-0.15, -0.1) is 0 Å². The molecule has 0 aliphatic carbocycles. The van der Waals surface area contributed by atoms with E-state index in [1.165, 1.54) is 0 Å². The van der Waals surface area contributed by atoms with Crippen LogP contribution in [0.1, 0.15) is 13.8 Å². The first kappa shape index (κ1) is 8.21. The summed E-state index contributed by atoms with van der Waals surface area (Å²) in [7, 11) is 1.94. The van der Waals surface area contributed by atoms with Crippen LogP contribution in [-0.4, -0.2) is 24.8 Å². The zero-order chi connectivity index (χ0) is 7.28. The van der Waals surface area contributed by atoms with E-state index in [9.17, 15) is 0 Å². The van der Waals surface area contributed by atoms with E-state index in [1.54, 1.807) is 6.34 Å². The Kier molecular flexibility index (Phi) is 3.76. The summed E-state index contributed by atoms with van der Waals surface area (Å²) in [5, 5.41) is 0. The van der Waals surface area contributed by atoms with E-state index in [2.05, 4.69) is 11.6 Å². The molecule has 0 radical (unpaired) electrons. The van der Waals surface area contributed by atoms with Crippen LogP contribution < -0.4 is 0 Å². The van der Waals surface area contributed by atoms with E-state index in [-0.39, 0.29) is 0 Å². The van der Waals surface area contributed by atoms with E-state index in [1.807, 2.05) is 25.8 Å². The van der Waals surface area contributed by atoms with Crippen LogP contribution in [0.4, 0.5) is 0 Å². The fourth-order valence-electron chi connectivity index (χ4n) is 0.462. The molecule has 52 valence electrons. The molecule has 9 heavy (non-hydrogen) atoms. The van der Waals surface area contributed by atoms with Crippen LogP contribution in [0.2, 0.25) is 0 Å². The molecule has 0 bridgehead atoms. The van der Waals surface area contributed by atoms with Gasteiger partial charge in [0.2, 0.25) is 0 Å². The van der Waals surface area contributed by atoms with E-state index in [0.717, 1.165) is 12.2 Å². The normalized spacial score (nSPS) is 15.4. The molecule has 0 amide bonds. The average molecular weight is 126 g/mol. The fraction of sp³-hybridized carbons (Fsp3) is 0.571. The molecule has 1 aliphatic heterocycles. The van der Waals surface area contributed by atoms with Crippen LogP contribution in [0.25, 0.3) is 0 Å². The minimum absolute atomic E-state index is 0.774. The highest BCUT2D eigenvalue weighted by molar-refractivity contribution is 5.60. The lowest BCUT2D eigenvalue weighted by Gasteiger charge is -2.04. The maximum atomic E-state index is 3.95. The Morgan fingerprint density at radius 3 is 2.33 bits per heavy atom. The van der Waals surface area contributed by atoms with E-state index >= 15 is 0 Å². The summed E-state index contributed by atoms with van der Waals surface area (Å²) in [6.07, 6.45) is 1.78. The Hall–Kier alpha value is -0.790. The van der Waals surface area contributed by atoms with Crippen LogP contribution >= 0.6 is 0 Å². The molecule has 0 N–H and O–H groups in total. The molecule has 2 nitrogen and oxygen atoms in total. The minimum Gasteiger partial charge on any atom is -0.338 e. The number of hydrogen-bond acceptors (Lipinski definition) is 2. The largest absolute Gasteiger partial charge is 0.338 e. The number of likely N-dealkylation sites (N-methyl/N-ethyl adjacent to an activating group) is 1. The van der Waals surface area contributed by atoms with E-state index in [4.69, 9.17) is 0 Å². The van der Waals surface area contributed by atoms with Gasteiger partial charge in [0.25, 0.3) is 0 Å². The van der Waals surface area contributed by atoms with Gasteiger partial charge in [0, 0.05) is 12.7 Å². The van der Waals surface area contributed by atoms with Gasteiger partial charge < -0.3 is 4.90 Å². The maximum absolute atomic E-state index is 3.95. The van der Waals surface area contributed by atoms with Crippen LogP contribution in [0.3, 0.4) is 0 Å². The second-order valence-electron chi connectivity index (χ2n) is 1.63. The summed E-state index contributed by atoms with van der Waals surface area (Å²) in [5.41, 5.74) is 1.07. The van der Waals surface area contributed by atoms with Crippen molar-refractivity contribution < 1.29 is 0 Å². The van der Waals surface area contributed by atoms with E-state index < -0.39 is 0 Å². The van der Waals surface area contributed by atoms with Gasteiger partial charge in [-0.05, 0) is 0 Å². The lowest BCUT2D eigenvalue weighted by molar-refractivity contribution is 0.670. The monoisotopic (exact) mass is 126 g/mol. The molecule has 0 saturated heterocycles. The predicted molar refractivity (Wildman–Crippen MR) is 41.6 cm³/mol. The zero-order valence-electron chi connectivity index (χ0n) is 6.39. The van der Waals surface area contributed by atoms with Crippen LogP contribution in [0.15, 0.2) is 17.3 Å². The molecule has 0 aromatic carbocycles. The van der Waals surface area contributed by atoms with Crippen LogP contribution in [-0.2, 0) is 0 Å². The second-order valence-corrected chi connectivity index (χ2v) is 1.63. The maximum Gasteiger partial charge on any atom is 0.0894 e. The molecule has 1 aliphatic rings. The van der Waals surface area contributed by atoms with Gasteiger partial charge in [0.05, 0.1) is 12.9 Å². The van der Waals surface area contributed by atoms with Gasteiger partial charge in [-0.2, -0.15) is 0 Å². The van der Waals surface area contributed by atoms with Crippen molar-refractivity contribution in [2.45, 2.75) is 13.8 Å². The third-order valence-electron chi connectivity index (χ3n) is 1.03. The molecule has 1 heterocycles. The summed E-state index contributed by atoms with van der Waals surface area (Å²) < 4.78 is 0. The van der Waals surface area contributed by atoms with Crippen molar-refractivity contribution in [3.8, 4) is 0 Å². The molecular formula is C7H14N2. The highest BCUT2D eigenvalue weighted by Crippen LogP contribution is 2.00. The quantitative estimate of drug-likeness (QED) is 0.480. The van der Waals surface area contributed by atoms with Gasteiger partial charge >= 0.3 is 0 Å². The van der Waals surface area contributed by atoms with Crippen LogP contribution in [0.5, 0.6) is 0 Å². The van der Waals surface area contributed by atoms with Crippen molar-refractivity contribution in [2.75, 3.05) is 13.6 Å². The summed E-state index contributed by atoms with van der Waals surface area (Å²) >= 11 is 0. The first-order valence-electron chi connectivity index (χ1n) is 3.21. The predicted octanol–water partition coefficient (Wildman–Crippen LogP) is 1.50. The SMILES string of the molecule is C=C1CN=CN1C.CC. The van der Waals surface area contributed by atoms with Crippen molar-refractivity contribution in [2.24, 2.45) is 4.99 Å². The lowest BCUT2D eigenvalue weighted by Crippen LogP contribution is -2.08. The summed E-state index contributed by atoms with van der Waals surface area (Å²) in [6, 6.07) is 0. The molecule has 0 saturated carbocycles. The van der Waals surface area contributed by atoms with Crippen molar-refractivity contribution >= 4 is 6.34 Å². The highest BCUT2D eigenvalue weighted by Gasteiger charge is 2.01. The first-order chi connectivity index (χ1) is 4.30. The number of rotatable bonds is 0. The molecule has 0 fully saturated rings. The Morgan fingerprint density at radius 1 is 1.67 bits per heavy atom. The topological polar surface area (TPSA) is 15.6 Å². The third-order valence-corrected chi connectivity index (χ3v) is 1.03. The highest BCUT2D eigenvalue weighted by atomic mass is 15.2. The van der Waals surface area contributed by atoms with Crippen molar-refractivity contribution in [1.29, 1.82) is 0 Å². The van der Waals surface area contributed by atoms with Gasteiger partial charge in [0.15, 0.2) is 0 Å². The zero-order valence-corrected chi connectivity index (χ0v) is 6.39. The van der Waals surface area contributed by atoms with Crippen molar-refractivity contribution in [3.05, 3.63) is 12.3 Å². The first-order valence-corrected chi connectivity index (χ1v) is 3.21. The van der Waals surface area contributed by atoms with Crippen molar-refractivity contribution in [3.63, 3.8) is 0 Å². The lowest BCUT2D eigenvalue weighted by atomic mass is 10.5. The van der Waals surface area contributed by atoms with Gasteiger partial charge in [0.1, 0.15) is 0 Å². The molecule has 1 rings (SSSR count). The van der Waals surface area contributed by atoms with Gasteiger partial charge in [-0.25, -0.2) is 0 Å². The second kappa shape index (κ2) is 4.13.